The van der Waals surface area contributed by atoms with Crippen molar-refractivity contribution in [2.45, 2.75) is 57.4 Å². The molecule has 1 aliphatic carbocycles. The first kappa shape index (κ1) is 14.3. The predicted molar refractivity (Wildman–Crippen MR) is 72.8 cm³/mol. The Morgan fingerprint density at radius 3 is 2.88 bits per heavy atom. The average molecular weight is 245 g/mol. The number of aliphatic hydroxyl groups excluding tert-OH is 1. The molecule has 0 amide bonds. The van der Waals surface area contributed by atoms with E-state index >= 15 is 0 Å². The van der Waals surface area contributed by atoms with Crippen molar-refractivity contribution in [2.24, 2.45) is 11.7 Å². The van der Waals surface area contributed by atoms with Crippen LogP contribution < -0.4 is 5.73 Å². The molecule has 1 aliphatic rings. The van der Waals surface area contributed by atoms with E-state index in [1.54, 1.807) is 0 Å². The number of unbranched alkanes of at least 4 members (excludes halogenated alkanes) is 2. The highest BCUT2D eigenvalue weighted by Gasteiger charge is 2.38. The summed E-state index contributed by atoms with van der Waals surface area (Å²) in [6.07, 6.45) is 8.62. The third kappa shape index (κ3) is 4.27. The second-order valence-corrected chi connectivity index (χ2v) is 6.31. The van der Waals surface area contributed by atoms with Gasteiger partial charge >= 0.3 is 0 Å². The third-order valence-electron chi connectivity index (χ3n) is 3.81. The molecule has 1 rings (SSSR count). The molecule has 0 bridgehead atoms. The van der Waals surface area contributed by atoms with Gasteiger partial charge in [-0.2, -0.15) is 11.8 Å². The summed E-state index contributed by atoms with van der Waals surface area (Å²) in [5, 5.41) is 9.34. The summed E-state index contributed by atoms with van der Waals surface area (Å²) in [6.45, 7) is 2.41. The molecule has 1 fully saturated rings. The van der Waals surface area contributed by atoms with Crippen molar-refractivity contribution in [3.05, 3.63) is 0 Å². The van der Waals surface area contributed by atoms with Crippen LogP contribution in [0, 0.1) is 5.92 Å². The van der Waals surface area contributed by atoms with Crippen molar-refractivity contribution in [2.75, 3.05) is 18.1 Å². The minimum Gasteiger partial charge on any atom is -0.394 e. The lowest BCUT2D eigenvalue weighted by Gasteiger charge is -2.29. The number of aliphatic hydroxyl groups is 1. The molecule has 3 heteroatoms. The largest absolute Gasteiger partial charge is 0.394 e. The highest BCUT2D eigenvalue weighted by Crippen LogP contribution is 2.36. The molecule has 0 heterocycles. The number of rotatable bonds is 8. The Morgan fingerprint density at radius 2 is 2.19 bits per heavy atom. The Kier molecular flexibility index (Phi) is 6.78. The van der Waals surface area contributed by atoms with E-state index < -0.39 is 0 Å². The average Bonchev–Trinajstić information content (AvgIpc) is 2.66. The fourth-order valence-corrected chi connectivity index (χ4v) is 3.65. The van der Waals surface area contributed by atoms with Gasteiger partial charge < -0.3 is 10.8 Å². The molecular formula is C13H27NOS. The third-order valence-corrected chi connectivity index (χ3v) is 4.91. The zero-order valence-electron chi connectivity index (χ0n) is 10.6. The molecule has 96 valence electrons. The van der Waals surface area contributed by atoms with Gasteiger partial charge in [-0.15, -0.1) is 0 Å². The monoisotopic (exact) mass is 245 g/mol. The van der Waals surface area contributed by atoms with Crippen LogP contribution in [0.3, 0.4) is 0 Å². The van der Waals surface area contributed by atoms with Gasteiger partial charge in [0.2, 0.25) is 0 Å². The molecule has 0 spiro atoms. The van der Waals surface area contributed by atoms with Crippen molar-refractivity contribution in [1.29, 1.82) is 0 Å². The molecule has 0 radical (unpaired) electrons. The van der Waals surface area contributed by atoms with Gasteiger partial charge in [0.1, 0.15) is 0 Å². The van der Waals surface area contributed by atoms with E-state index in [4.69, 9.17) is 5.73 Å². The molecule has 0 aromatic carbocycles. The normalized spacial score (nSPS) is 29.8. The number of thioether (sulfide) groups is 1. The molecule has 0 aromatic heterocycles. The first-order valence-corrected chi connectivity index (χ1v) is 7.86. The van der Waals surface area contributed by atoms with Crippen LogP contribution in [0.1, 0.15) is 51.9 Å². The van der Waals surface area contributed by atoms with Crippen molar-refractivity contribution in [1.82, 2.24) is 0 Å². The van der Waals surface area contributed by atoms with E-state index in [1.807, 2.05) is 0 Å². The van der Waals surface area contributed by atoms with Gasteiger partial charge in [0.25, 0.3) is 0 Å². The van der Waals surface area contributed by atoms with Crippen LogP contribution in [0.5, 0.6) is 0 Å². The second-order valence-electron chi connectivity index (χ2n) is 5.09. The van der Waals surface area contributed by atoms with Gasteiger partial charge in [0, 0.05) is 5.54 Å². The number of hydrogen-bond acceptors (Lipinski definition) is 3. The fraction of sp³-hybridized carbons (Fsp3) is 1.00. The van der Waals surface area contributed by atoms with Gasteiger partial charge in [-0.1, -0.05) is 26.2 Å². The quantitative estimate of drug-likeness (QED) is 0.646. The first-order valence-electron chi connectivity index (χ1n) is 6.70. The lowest BCUT2D eigenvalue weighted by Crippen LogP contribution is -2.47. The summed E-state index contributed by atoms with van der Waals surface area (Å²) in [5.41, 5.74) is 5.95. The van der Waals surface area contributed by atoms with Gasteiger partial charge in [-0.05, 0) is 43.1 Å². The topological polar surface area (TPSA) is 46.2 Å². The summed E-state index contributed by atoms with van der Waals surface area (Å²) in [6, 6.07) is 0. The molecule has 2 nitrogen and oxygen atoms in total. The SMILES string of the molecule is CCCCCSCCC1CCCC1(N)CO. The van der Waals surface area contributed by atoms with Crippen LogP contribution in [-0.4, -0.2) is 28.8 Å². The Bertz CT molecular complexity index is 189. The molecule has 2 unspecified atom stereocenters. The number of hydrogen-bond donors (Lipinski definition) is 2. The molecule has 1 saturated carbocycles. The molecule has 2 atom stereocenters. The maximum Gasteiger partial charge on any atom is 0.0613 e. The smallest absolute Gasteiger partial charge is 0.0613 e. The Morgan fingerprint density at radius 1 is 1.38 bits per heavy atom. The van der Waals surface area contributed by atoms with E-state index in [0.29, 0.717) is 5.92 Å². The summed E-state index contributed by atoms with van der Waals surface area (Å²) < 4.78 is 0. The maximum absolute atomic E-state index is 9.34. The predicted octanol–water partition coefficient (Wildman–Crippen LogP) is 2.79. The summed E-state index contributed by atoms with van der Waals surface area (Å²) in [7, 11) is 0. The highest BCUT2D eigenvalue weighted by molar-refractivity contribution is 7.99. The highest BCUT2D eigenvalue weighted by atomic mass is 32.2. The van der Waals surface area contributed by atoms with Gasteiger partial charge in [0.15, 0.2) is 0 Å². The minimum atomic E-state index is -0.260. The van der Waals surface area contributed by atoms with Crippen LogP contribution in [0.2, 0.25) is 0 Å². The summed E-state index contributed by atoms with van der Waals surface area (Å²) >= 11 is 2.05. The van der Waals surface area contributed by atoms with Crippen LogP contribution in [0.15, 0.2) is 0 Å². The van der Waals surface area contributed by atoms with Crippen molar-refractivity contribution >= 4 is 11.8 Å². The lowest BCUT2D eigenvalue weighted by molar-refractivity contribution is 0.158. The fourth-order valence-electron chi connectivity index (χ4n) is 2.59. The molecule has 16 heavy (non-hydrogen) atoms. The molecule has 0 saturated heterocycles. The van der Waals surface area contributed by atoms with Crippen molar-refractivity contribution in [3.63, 3.8) is 0 Å². The Labute approximate surface area is 104 Å². The van der Waals surface area contributed by atoms with Crippen LogP contribution in [0.25, 0.3) is 0 Å². The summed E-state index contributed by atoms with van der Waals surface area (Å²) in [4.78, 5) is 0. The maximum atomic E-state index is 9.34. The van der Waals surface area contributed by atoms with Crippen molar-refractivity contribution in [3.8, 4) is 0 Å². The van der Waals surface area contributed by atoms with E-state index in [0.717, 1.165) is 6.42 Å². The van der Waals surface area contributed by atoms with Gasteiger partial charge in [-0.25, -0.2) is 0 Å². The van der Waals surface area contributed by atoms with Crippen LogP contribution in [-0.2, 0) is 0 Å². The Hall–Kier alpha value is 0.270. The zero-order chi connectivity index (χ0) is 11.9. The lowest BCUT2D eigenvalue weighted by atomic mass is 9.87. The Balaban J connectivity index is 2.08. The van der Waals surface area contributed by atoms with E-state index in [1.165, 1.54) is 50.0 Å². The van der Waals surface area contributed by atoms with Crippen LogP contribution in [0.4, 0.5) is 0 Å². The van der Waals surface area contributed by atoms with Crippen LogP contribution >= 0.6 is 11.8 Å². The van der Waals surface area contributed by atoms with E-state index in [2.05, 4.69) is 18.7 Å². The molecule has 0 aromatic rings. The second kappa shape index (κ2) is 7.57. The number of nitrogens with two attached hydrogens (primary N) is 1. The summed E-state index contributed by atoms with van der Waals surface area (Å²) in [5.74, 6) is 3.06. The van der Waals surface area contributed by atoms with Crippen molar-refractivity contribution < 1.29 is 5.11 Å². The molecular weight excluding hydrogens is 218 g/mol. The van der Waals surface area contributed by atoms with Gasteiger partial charge in [0.05, 0.1) is 6.61 Å². The zero-order valence-corrected chi connectivity index (χ0v) is 11.4. The molecule has 3 N–H and O–H groups in total. The van der Waals surface area contributed by atoms with E-state index in [-0.39, 0.29) is 12.1 Å². The van der Waals surface area contributed by atoms with Gasteiger partial charge in [-0.3, -0.25) is 0 Å². The van der Waals surface area contributed by atoms with E-state index in [9.17, 15) is 5.11 Å². The molecule has 0 aliphatic heterocycles. The minimum absolute atomic E-state index is 0.165. The standard InChI is InChI=1S/C13H27NOS/c1-2-3-4-9-16-10-7-12-6-5-8-13(12,14)11-15/h12,15H,2-11,14H2,1H3. The first-order chi connectivity index (χ1) is 7.73.